The Bertz CT molecular complexity index is 961. The van der Waals surface area contributed by atoms with Crippen LogP contribution < -0.4 is 40.2 Å². The predicted molar refractivity (Wildman–Crippen MR) is 215 cm³/mol. The first-order chi connectivity index (χ1) is 21.9. The number of nitrogens with one attached hydrogen (secondary N) is 4. The van der Waals surface area contributed by atoms with Crippen molar-refractivity contribution in [3.8, 4) is 23.0 Å². The number of benzene rings is 2. The van der Waals surface area contributed by atoms with Gasteiger partial charge in [0.25, 0.3) is 0 Å². The van der Waals surface area contributed by atoms with Crippen molar-refractivity contribution in [1.29, 1.82) is 0 Å². The summed E-state index contributed by atoms with van der Waals surface area (Å²) in [5.74, 6) is 5.76. The van der Waals surface area contributed by atoms with E-state index in [2.05, 4.69) is 21.3 Å². The van der Waals surface area contributed by atoms with Gasteiger partial charge in [0.1, 0.15) is 25.4 Å². The van der Waals surface area contributed by atoms with E-state index < -0.39 is 0 Å². The number of unbranched alkanes of at least 4 members (excludes halogenated alkanes) is 6. The summed E-state index contributed by atoms with van der Waals surface area (Å²) in [5, 5.41) is 14.2. The molecule has 2 aromatic rings. The maximum Gasteiger partial charge on any atom is 0.161 e. The van der Waals surface area contributed by atoms with Crippen LogP contribution in [-0.4, -0.2) is 89.3 Å². The Kier molecular flexibility index (Phi) is 30.7. The summed E-state index contributed by atoms with van der Waals surface area (Å²) in [4.78, 5) is 0. The lowest BCUT2D eigenvalue weighted by atomic mass is 10.2. The van der Waals surface area contributed by atoms with Gasteiger partial charge in [0, 0.05) is 37.7 Å². The Labute approximate surface area is 321 Å². The molecule has 0 aromatic heterocycles. The van der Waals surface area contributed by atoms with E-state index in [-0.39, 0.29) is 61.8 Å². The topological polar surface area (TPSA) is 85.0 Å². The molecule has 0 aliphatic carbocycles. The summed E-state index contributed by atoms with van der Waals surface area (Å²) >= 11 is 0. The molecule has 2 aliphatic rings. The van der Waals surface area contributed by atoms with Gasteiger partial charge in [-0.05, 0) is 76.1 Å². The molecule has 0 saturated heterocycles. The molecule has 8 nitrogen and oxygen atoms in total. The van der Waals surface area contributed by atoms with Crippen molar-refractivity contribution in [2.45, 2.75) is 63.6 Å². The minimum Gasteiger partial charge on any atom is -0.486 e. The Hall–Kier alpha value is -0.660. The molecule has 2 heterocycles. The SMILES string of the molecule is Cl.Cl.Cl.Cl.c1ccc2c(c1)OC[C@H](CNCCCCCCNCCSSCCNCCCCCCNC[C@H]1COc3ccccc3O1)O2. The van der Waals surface area contributed by atoms with Crippen LogP contribution in [0.25, 0.3) is 0 Å². The Morgan fingerprint density at radius 1 is 0.458 bits per heavy atom. The lowest BCUT2D eigenvalue weighted by molar-refractivity contribution is 0.0905. The van der Waals surface area contributed by atoms with Crippen molar-refractivity contribution in [2.24, 2.45) is 0 Å². The average Bonchev–Trinajstić information content (AvgIpc) is 3.06. The minimum absolute atomic E-state index is 0. The highest BCUT2D eigenvalue weighted by Gasteiger charge is 2.20. The summed E-state index contributed by atoms with van der Waals surface area (Å²) in [6.45, 7) is 9.45. The van der Waals surface area contributed by atoms with Crippen LogP contribution in [0.2, 0.25) is 0 Å². The molecule has 0 radical (unpaired) electrons. The molecule has 2 aromatic carbocycles. The molecular formula is C34H58Cl4N4O4S2. The van der Waals surface area contributed by atoms with Gasteiger partial charge in [-0.25, -0.2) is 0 Å². The molecule has 14 heteroatoms. The number of hydrogen-bond acceptors (Lipinski definition) is 10. The fourth-order valence-corrected chi connectivity index (χ4v) is 7.05. The van der Waals surface area contributed by atoms with Crippen molar-refractivity contribution in [3.05, 3.63) is 48.5 Å². The van der Waals surface area contributed by atoms with Crippen LogP contribution in [0, 0.1) is 0 Å². The van der Waals surface area contributed by atoms with E-state index in [1.807, 2.05) is 70.1 Å². The average molecular weight is 793 g/mol. The number of ether oxygens (including phenoxy) is 4. The summed E-state index contributed by atoms with van der Waals surface area (Å²) < 4.78 is 23.5. The van der Waals surface area contributed by atoms with Crippen LogP contribution in [0.5, 0.6) is 23.0 Å². The lowest BCUT2D eigenvalue weighted by Crippen LogP contribution is -2.38. The van der Waals surface area contributed by atoms with E-state index in [1.54, 1.807) is 0 Å². The van der Waals surface area contributed by atoms with Crippen LogP contribution in [0.4, 0.5) is 0 Å². The Morgan fingerprint density at radius 3 is 1.21 bits per heavy atom. The molecule has 48 heavy (non-hydrogen) atoms. The zero-order chi connectivity index (χ0) is 30.3. The fourth-order valence-electron chi connectivity index (χ4n) is 5.16. The van der Waals surface area contributed by atoms with Crippen molar-refractivity contribution >= 4 is 71.2 Å². The van der Waals surface area contributed by atoms with Gasteiger partial charge in [0.05, 0.1) is 0 Å². The molecule has 0 bridgehead atoms. The Morgan fingerprint density at radius 2 is 0.812 bits per heavy atom. The smallest absolute Gasteiger partial charge is 0.161 e. The van der Waals surface area contributed by atoms with Crippen molar-refractivity contribution in [2.75, 3.05) is 77.1 Å². The fraction of sp³-hybridized carbons (Fsp3) is 0.647. The van der Waals surface area contributed by atoms with Gasteiger partial charge in [-0.3, -0.25) is 0 Å². The largest absolute Gasteiger partial charge is 0.486 e. The molecule has 0 fully saturated rings. The molecule has 0 amide bonds. The molecule has 4 rings (SSSR count). The van der Waals surface area contributed by atoms with Crippen molar-refractivity contribution in [3.63, 3.8) is 0 Å². The second-order valence-electron chi connectivity index (χ2n) is 11.4. The van der Waals surface area contributed by atoms with Crippen LogP contribution in [0.15, 0.2) is 48.5 Å². The number of para-hydroxylation sites is 4. The standard InChI is InChI=1S/C34H54N4O4S2.4ClH/c1(3-11-19-37-25-29-27-39-31-13-5-7-15-33(31)41-29)9-17-35-21-23-43-44-24-22-36-18-10-2-4-12-20-38-26-30-28-40-32-14-6-8-16-34(32)42-30;;;;/h5-8,13-16,29-30,35-38H,1-4,9-12,17-28H2;4*1H/t29-,30-;;;;/m0..../s1. The van der Waals surface area contributed by atoms with E-state index in [4.69, 9.17) is 18.9 Å². The quantitative estimate of drug-likeness (QED) is 0.0612. The molecular weight excluding hydrogens is 734 g/mol. The number of rotatable bonds is 25. The van der Waals surface area contributed by atoms with Gasteiger partial charge < -0.3 is 40.2 Å². The zero-order valence-electron chi connectivity index (χ0n) is 28.0. The molecule has 2 atom stereocenters. The highest BCUT2D eigenvalue weighted by atomic mass is 35.5. The summed E-state index contributed by atoms with van der Waals surface area (Å²) in [6, 6.07) is 15.8. The first kappa shape index (κ1) is 47.3. The predicted octanol–water partition coefficient (Wildman–Crippen LogP) is 7.21. The molecule has 0 saturated carbocycles. The van der Waals surface area contributed by atoms with Gasteiger partial charge in [-0.2, -0.15) is 0 Å². The van der Waals surface area contributed by atoms with Gasteiger partial charge in [0.2, 0.25) is 0 Å². The first-order valence-corrected chi connectivity index (χ1v) is 19.2. The van der Waals surface area contributed by atoms with Crippen molar-refractivity contribution < 1.29 is 18.9 Å². The third-order valence-corrected chi connectivity index (χ3v) is 10.0. The van der Waals surface area contributed by atoms with E-state index in [9.17, 15) is 0 Å². The third-order valence-electron chi connectivity index (χ3n) is 7.60. The highest BCUT2D eigenvalue weighted by Crippen LogP contribution is 2.31. The van der Waals surface area contributed by atoms with E-state index >= 15 is 0 Å². The molecule has 0 spiro atoms. The summed E-state index contributed by atoms with van der Waals surface area (Å²) in [6.07, 6.45) is 10.3. The lowest BCUT2D eigenvalue weighted by Gasteiger charge is -2.26. The zero-order valence-corrected chi connectivity index (χ0v) is 32.9. The number of halogens is 4. The highest BCUT2D eigenvalue weighted by molar-refractivity contribution is 8.76. The second kappa shape index (κ2) is 31.1. The maximum absolute atomic E-state index is 5.99. The Balaban J connectivity index is 0.00000552. The van der Waals surface area contributed by atoms with Crippen LogP contribution in [0.3, 0.4) is 0 Å². The molecule has 2 aliphatic heterocycles. The van der Waals surface area contributed by atoms with Gasteiger partial charge in [-0.15, -0.1) is 49.6 Å². The van der Waals surface area contributed by atoms with Crippen LogP contribution in [-0.2, 0) is 0 Å². The van der Waals surface area contributed by atoms with Gasteiger partial charge in [0.15, 0.2) is 23.0 Å². The third kappa shape index (κ3) is 20.3. The summed E-state index contributed by atoms with van der Waals surface area (Å²) in [7, 11) is 3.98. The van der Waals surface area contributed by atoms with E-state index in [1.165, 1.54) is 62.9 Å². The van der Waals surface area contributed by atoms with Crippen LogP contribution >= 0.6 is 71.2 Å². The molecule has 4 N–H and O–H groups in total. The first-order valence-electron chi connectivity index (χ1n) is 16.7. The maximum atomic E-state index is 5.99. The normalized spacial score (nSPS) is 15.7. The van der Waals surface area contributed by atoms with E-state index in [0.717, 1.165) is 75.4 Å². The van der Waals surface area contributed by atoms with Gasteiger partial charge >= 0.3 is 0 Å². The number of fused-ring (bicyclic) bond motifs is 2. The minimum atomic E-state index is 0. The van der Waals surface area contributed by atoms with Gasteiger partial charge in [-0.1, -0.05) is 71.5 Å². The van der Waals surface area contributed by atoms with Crippen molar-refractivity contribution in [1.82, 2.24) is 21.3 Å². The van der Waals surface area contributed by atoms with Crippen LogP contribution in [0.1, 0.15) is 51.4 Å². The molecule has 278 valence electrons. The number of hydrogen-bond donors (Lipinski definition) is 4. The second-order valence-corrected chi connectivity index (χ2v) is 14.1. The van der Waals surface area contributed by atoms with E-state index in [0.29, 0.717) is 13.2 Å². The monoisotopic (exact) mass is 790 g/mol. The summed E-state index contributed by atoms with van der Waals surface area (Å²) in [5.41, 5.74) is 0. The molecule has 0 unspecified atom stereocenters.